The molecule has 0 saturated carbocycles. The molecule has 0 spiro atoms. The Hall–Kier alpha value is 0.270. The van der Waals surface area contributed by atoms with Crippen molar-refractivity contribution < 1.29 is 5.11 Å². The van der Waals surface area contributed by atoms with E-state index in [2.05, 4.69) is 26.1 Å². The van der Waals surface area contributed by atoms with Crippen molar-refractivity contribution in [1.82, 2.24) is 5.32 Å². The van der Waals surface area contributed by atoms with Crippen LogP contribution in [0.1, 0.15) is 20.8 Å². The number of hydrogen-bond acceptors (Lipinski definition) is 3. The average Bonchev–Trinajstić information content (AvgIpc) is 2.04. The second kappa shape index (κ2) is 7.90. The number of rotatable bonds is 7. The molecule has 0 aromatic rings. The standard InChI is InChI=1S/C9H21NOS/c1-4-12-6-5-10-9(7-11)8(2)3/h8-11H,4-7H2,1-3H3. The van der Waals surface area contributed by atoms with Crippen LogP contribution < -0.4 is 5.32 Å². The van der Waals surface area contributed by atoms with Crippen LogP contribution in [0, 0.1) is 5.92 Å². The van der Waals surface area contributed by atoms with Gasteiger partial charge in [0.15, 0.2) is 0 Å². The van der Waals surface area contributed by atoms with E-state index in [4.69, 9.17) is 5.11 Å². The number of thioether (sulfide) groups is 1. The van der Waals surface area contributed by atoms with Crippen molar-refractivity contribution in [2.24, 2.45) is 5.92 Å². The van der Waals surface area contributed by atoms with E-state index in [1.807, 2.05) is 11.8 Å². The lowest BCUT2D eigenvalue weighted by Gasteiger charge is -2.19. The van der Waals surface area contributed by atoms with Gasteiger partial charge in [-0.15, -0.1) is 0 Å². The summed E-state index contributed by atoms with van der Waals surface area (Å²) in [5, 5.41) is 12.3. The largest absolute Gasteiger partial charge is 0.395 e. The van der Waals surface area contributed by atoms with E-state index >= 15 is 0 Å². The SMILES string of the molecule is CCSCCNC(CO)C(C)C. The van der Waals surface area contributed by atoms with E-state index in [1.54, 1.807) is 0 Å². The molecule has 0 bridgehead atoms. The van der Waals surface area contributed by atoms with E-state index in [-0.39, 0.29) is 12.6 Å². The highest BCUT2D eigenvalue weighted by Crippen LogP contribution is 2.01. The molecule has 1 unspecified atom stereocenters. The highest BCUT2D eigenvalue weighted by Gasteiger charge is 2.09. The molecule has 0 amide bonds. The summed E-state index contributed by atoms with van der Waals surface area (Å²) in [5.74, 6) is 2.83. The lowest BCUT2D eigenvalue weighted by Crippen LogP contribution is -2.38. The van der Waals surface area contributed by atoms with E-state index in [1.165, 1.54) is 5.75 Å². The first-order chi connectivity index (χ1) is 5.72. The van der Waals surface area contributed by atoms with Crippen LogP contribution in [0.15, 0.2) is 0 Å². The summed E-state index contributed by atoms with van der Waals surface area (Å²) in [6.07, 6.45) is 0. The van der Waals surface area contributed by atoms with Crippen molar-refractivity contribution in [3.05, 3.63) is 0 Å². The second-order valence-corrected chi connectivity index (χ2v) is 4.58. The fourth-order valence-electron chi connectivity index (χ4n) is 0.972. The Labute approximate surface area is 80.1 Å². The van der Waals surface area contributed by atoms with Crippen LogP contribution in [0.25, 0.3) is 0 Å². The molecular weight excluding hydrogens is 170 g/mol. The lowest BCUT2D eigenvalue weighted by atomic mass is 10.1. The van der Waals surface area contributed by atoms with Gasteiger partial charge < -0.3 is 10.4 Å². The predicted molar refractivity (Wildman–Crippen MR) is 56.7 cm³/mol. The lowest BCUT2D eigenvalue weighted by molar-refractivity contribution is 0.213. The van der Waals surface area contributed by atoms with E-state index in [0.717, 1.165) is 12.3 Å². The van der Waals surface area contributed by atoms with Gasteiger partial charge in [0.25, 0.3) is 0 Å². The number of nitrogens with one attached hydrogen (secondary N) is 1. The maximum atomic E-state index is 8.98. The molecular formula is C9H21NOS. The van der Waals surface area contributed by atoms with Gasteiger partial charge in [-0.2, -0.15) is 11.8 Å². The quantitative estimate of drug-likeness (QED) is 0.596. The van der Waals surface area contributed by atoms with Gasteiger partial charge in [-0.05, 0) is 11.7 Å². The first kappa shape index (κ1) is 12.3. The van der Waals surface area contributed by atoms with Gasteiger partial charge in [0.2, 0.25) is 0 Å². The van der Waals surface area contributed by atoms with Gasteiger partial charge in [0, 0.05) is 18.3 Å². The van der Waals surface area contributed by atoms with Crippen molar-refractivity contribution in [2.45, 2.75) is 26.8 Å². The van der Waals surface area contributed by atoms with E-state index < -0.39 is 0 Å². The maximum absolute atomic E-state index is 8.98. The first-order valence-electron chi connectivity index (χ1n) is 4.64. The summed E-state index contributed by atoms with van der Waals surface area (Å²) in [6.45, 7) is 7.66. The molecule has 1 atom stereocenters. The van der Waals surface area contributed by atoms with Gasteiger partial charge in [0.05, 0.1) is 6.61 Å². The Morgan fingerprint density at radius 1 is 1.42 bits per heavy atom. The zero-order chi connectivity index (χ0) is 9.40. The van der Waals surface area contributed by atoms with Crippen molar-refractivity contribution in [2.75, 3.05) is 24.7 Å². The maximum Gasteiger partial charge on any atom is 0.0587 e. The van der Waals surface area contributed by atoms with Crippen LogP contribution in [0.3, 0.4) is 0 Å². The van der Waals surface area contributed by atoms with Gasteiger partial charge in [0.1, 0.15) is 0 Å². The minimum absolute atomic E-state index is 0.245. The minimum Gasteiger partial charge on any atom is -0.395 e. The molecule has 2 nitrogen and oxygen atoms in total. The Morgan fingerprint density at radius 3 is 2.50 bits per heavy atom. The van der Waals surface area contributed by atoms with Crippen molar-refractivity contribution in [3.63, 3.8) is 0 Å². The molecule has 0 saturated heterocycles. The molecule has 3 heteroatoms. The summed E-state index contributed by atoms with van der Waals surface area (Å²) >= 11 is 1.93. The first-order valence-corrected chi connectivity index (χ1v) is 5.79. The van der Waals surface area contributed by atoms with Gasteiger partial charge in [-0.3, -0.25) is 0 Å². The summed E-state index contributed by atoms with van der Waals surface area (Å²) in [5.41, 5.74) is 0. The van der Waals surface area contributed by atoms with Crippen LogP contribution >= 0.6 is 11.8 Å². The van der Waals surface area contributed by atoms with Crippen LogP contribution in [0.4, 0.5) is 0 Å². The summed E-state index contributed by atoms with van der Waals surface area (Å²) < 4.78 is 0. The van der Waals surface area contributed by atoms with Crippen LogP contribution in [-0.4, -0.2) is 35.8 Å². The number of hydrogen-bond donors (Lipinski definition) is 2. The molecule has 0 aromatic heterocycles. The third-order valence-corrected chi connectivity index (χ3v) is 2.76. The van der Waals surface area contributed by atoms with Crippen LogP contribution in [0.5, 0.6) is 0 Å². The Balaban J connectivity index is 3.32. The Bertz CT molecular complexity index is 98.5. The second-order valence-electron chi connectivity index (χ2n) is 3.18. The molecule has 0 fully saturated rings. The molecule has 0 aliphatic carbocycles. The van der Waals surface area contributed by atoms with E-state index in [9.17, 15) is 0 Å². The molecule has 0 heterocycles. The third kappa shape index (κ3) is 5.86. The smallest absolute Gasteiger partial charge is 0.0587 e. The molecule has 12 heavy (non-hydrogen) atoms. The van der Waals surface area contributed by atoms with Crippen LogP contribution in [-0.2, 0) is 0 Å². The van der Waals surface area contributed by atoms with Gasteiger partial charge in [-0.1, -0.05) is 20.8 Å². The third-order valence-electron chi connectivity index (χ3n) is 1.86. The zero-order valence-electron chi connectivity index (χ0n) is 8.34. The van der Waals surface area contributed by atoms with Crippen LogP contribution in [0.2, 0.25) is 0 Å². The molecule has 0 aromatic carbocycles. The molecule has 74 valence electrons. The normalized spacial score (nSPS) is 13.8. The molecule has 0 rings (SSSR count). The Morgan fingerprint density at radius 2 is 2.08 bits per heavy atom. The van der Waals surface area contributed by atoms with Gasteiger partial charge >= 0.3 is 0 Å². The highest BCUT2D eigenvalue weighted by atomic mass is 32.2. The molecule has 0 radical (unpaired) electrons. The Kier molecular flexibility index (Phi) is 8.07. The number of aliphatic hydroxyl groups is 1. The predicted octanol–water partition coefficient (Wildman–Crippen LogP) is 1.35. The molecule has 0 aliphatic heterocycles. The summed E-state index contributed by atoms with van der Waals surface area (Å²) in [7, 11) is 0. The summed E-state index contributed by atoms with van der Waals surface area (Å²) in [4.78, 5) is 0. The summed E-state index contributed by atoms with van der Waals surface area (Å²) in [6, 6.07) is 0.266. The topological polar surface area (TPSA) is 32.3 Å². The molecule has 2 N–H and O–H groups in total. The average molecular weight is 191 g/mol. The highest BCUT2D eigenvalue weighted by molar-refractivity contribution is 7.99. The zero-order valence-corrected chi connectivity index (χ0v) is 9.16. The van der Waals surface area contributed by atoms with E-state index in [0.29, 0.717) is 5.92 Å². The fourth-order valence-corrected chi connectivity index (χ4v) is 1.52. The van der Waals surface area contributed by atoms with Gasteiger partial charge in [-0.25, -0.2) is 0 Å². The minimum atomic E-state index is 0.245. The van der Waals surface area contributed by atoms with Crippen molar-refractivity contribution in [1.29, 1.82) is 0 Å². The monoisotopic (exact) mass is 191 g/mol. The molecule has 0 aliphatic rings. The van der Waals surface area contributed by atoms with Crippen molar-refractivity contribution in [3.8, 4) is 0 Å². The van der Waals surface area contributed by atoms with Crippen molar-refractivity contribution >= 4 is 11.8 Å². The fraction of sp³-hybridized carbons (Fsp3) is 1.00. The number of aliphatic hydroxyl groups excluding tert-OH is 1.